The van der Waals surface area contributed by atoms with Gasteiger partial charge in [0.25, 0.3) is 5.56 Å². The number of nitrogens with one attached hydrogen (secondary N) is 2. The predicted octanol–water partition coefficient (Wildman–Crippen LogP) is 0.839. The molecule has 0 unspecified atom stereocenters. The molecule has 0 bridgehead atoms. The summed E-state index contributed by atoms with van der Waals surface area (Å²) in [5.74, 6) is 4.64. The first-order chi connectivity index (χ1) is 21.3. The number of aliphatic hydroxyl groups is 2. The van der Waals surface area contributed by atoms with Crippen LogP contribution in [0.5, 0.6) is 0 Å². The first-order valence-electron chi connectivity index (χ1n) is 13.4. The van der Waals surface area contributed by atoms with Gasteiger partial charge in [0.15, 0.2) is 12.4 Å². The normalized spacial score (nSPS) is 19.2. The third-order valence-electron chi connectivity index (χ3n) is 6.73. The Labute approximate surface area is 249 Å². The Bertz CT molecular complexity index is 1770. The number of carbonyl (C=O) groups is 2. The molecule has 4 atom stereocenters. The summed E-state index contributed by atoms with van der Waals surface area (Å²) in [6.45, 7) is -0.845. The van der Waals surface area contributed by atoms with Crippen LogP contribution >= 0.6 is 0 Å². The highest BCUT2D eigenvalue weighted by Gasteiger charge is 2.45. The van der Waals surface area contributed by atoms with Crippen molar-refractivity contribution in [1.29, 1.82) is 0 Å². The Kier molecular flexibility index (Phi) is 9.10. The molecule has 13 nitrogen and oxygen atoms in total. The number of ether oxygens (including phenoxy) is 1. The molecule has 2 amide bonds. The van der Waals surface area contributed by atoms with Crippen LogP contribution in [0.1, 0.15) is 17.5 Å². The van der Waals surface area contributed by atoms with Crippen molar-refractivity contribution < 1.29 is 28.9 Å². The van der Waals surface area contributed by atoms with E-state index in [2.05, 4.69) is 22.1 Å². The average Bonchev–Trinajstić information content (AvgIpc) is 3.61. The minimum absolute atomic E-state index is 0.157. The summed E-state index contributed by atoms with van der Waals surface area (Å²) in [5, 5.41) is 21.6. The molecular formula is C30H27FN6O7. The number of imidazole rings is 1. The molecule has 1 fully saturated rings. The molecule has 4 aromatic rings. The van der Waals surface area contributed by atoms with E-state index in [-0.39, 0.29) is 18.5 Å². The molecule has 2 aromatic heterocycles. The van der Waals surface area contributed by atoms with Gasteiger partial charge in [0, 0.05) is 12.4 Å². The minimum atomic E-state index is -2.03. The number of para-hydroxylation sites is 2. The zero-order valence-corrected chi connectivity index (χ0v) is 23.0. The number of aliphatic hydroxyl groups excluding tert-OH is 2. The molecular weight excluding hydrogens is 575 g/mol. The summed E-state index contributed by atoms with van der Waals surface area (Å²) in [6.07, 6.45) is -2.91. The number of aromatic nitrogens is 4. The lowest BCUT2D eigenvalue weighted by molar-refractivity contribution is -0.120. The number of benzene rings is 2. The maximum atomic E-state index is 14.5. The van der Waals surface area contributed by atoms with E-state index in [4.69, 9.17) is 4.74 Å². The van der Waals surface area contributed by atoms with Crippen molar-refractivity contribution in [2.45, 2.75) is 31.0 Å². The maximum Gasteiger partial charge on any atom is 0.338 e. The van der Waals surface area contributed by atoms with E-state index < -0.39 is 54.4 Å². The summed E-state index contributed by atoms with van der Waals surface area (Å²) in [7, 11) is 0. The van der Waals surface area contributed by atoms with Gasteiger partial charge in [-0.3, -0.25) is 28.6 Å². The van der Waals surface area contributed by atoms with Crippen molar-refractivity contribution in [3.63, 3.8) is 0 Å². The van der Waals surface area contributed by atoms with Gasteiger partial charge in [0.2, 0.25) is 5.91 Å². The average molecular weight is 603 g/mol. The Hall–Kier alpha value is -5.36. The second-order valence-electron chi connectivity index (χ2n) is 9.71. The highest BCUT2D eigenvalue weighted by molar-refractivity contribution is 6.00. The van der Waals surface area contributed by atoms with E-state index in [0.29, 0.717) is 17.1 Å². The topological polar surface area (TPSA) is 172 Å². The number of alkyl halides is 1. The van der Waals surface area contributed by atoms with E-state index in [1.54, 1.807) is 24.3 Å². The Morgan fingerprint density at radius 3 is 2.34 bits per heavy atom. The van der Waals surface area contributed by atoms with Crippen LogP contribution in [0, 0.1) is 11.8 Å². The van der Waals surface area contributed by atoms with Crippen molar-refractivity contribution in [1.82, 2.24) is 24.4 Å². The standard InChI is InChI=1S/C30H27FN6O7/c31-25-26(40)23(17-38)44-28(25)36-15-19(27(41)34-29(36)42)8-7-13-32-24(39)14-20-16-35(18-33-20)30(43)37(21-9-3-1-4-10-21)22-11-5-2-6-12-22/h1-6,9-12,15-16,18,23,25-26,28,38,40H,13-14,17H2,(H,32,39)(H,34,41,42)/t23-,25-,26-,28-/m1/s1. The number of H-pyrrole nitrogens is 1. The Morgan fingerprint density at radius 1 is 1.07 bits per heavy atom. The molecule has 4 N–H and O–H groups in total. The molecule has 0 saturated carbocycles. The second-order valence-corrected chi connectivity index (χ2v) is 9.71. The molecule has 1 aliphatic heterocycles. The zero-order valence-electron chi connectivity index (χ0n) is 23.0. The molecule has 0 spiro atoms. The smallest absolute Gasteiger partial charge is 0.338 e. The fourth-order valence-corrected chi connectivity index (χ4v) is 4.55. The molecule has 3 heterocycles. The predicted molar refractivity (Wildman–Crippen MR) is 155 cm³/mol. The zero-order chi connectivity index (χ0) is 31.2. The first kappa shape index (κ1) is 30.1. The number of rotatable bonds is 7. The van der Waals surface area contributed by atoms with Crippen molar-refractivity contribution in [2.75, 3.05) is 18.1 Å². The Balaban J connectivity index is 1.22. The van der Waals surface area contributed by atoms with E-state index in [0.717, 1.165) is 10.8 Å². The Morgan fingerprint density at radius 2 is 1.73 bits per heavy atom. The van der Waals surface area contributed by atoms with Crippen LogP contribution in [0.3, 0.4) is 0 Å². The lowest BCUT2D eigenvalue weighted by Gasteiger charge is -2.22. The highest BCUT2D eigenvalue weighted by atomic mass is 19.1. The quantitative estimate of drug-likeness (QED) is 0.225. The molecule has 5 rings (SSSR count). The van der Waals surface area contributed by atoms with E-state index in [9.17, 15) is 33.8 Å². The van der Waals surface area contributed by atoms with Crippen LogP contribution < -0.4 is 21.5 Å². The molecule has 1 aliphatic rings. The van der Waals surface area contributed by atoms with Gasteiger partial charge in [-0.1, -0.05) is 48.2 Å². The lowest BCUT2D eigenvalue weighted by atomic mass is 10.1. The van der Waals surface area contributed by atoms with Crippen LogP contribution in [0.4, 0.5) is 20.6 Å². The van der Waals surface area contributed by atoms with Gasteiger partial charge in [0.1, 0.15) is 24.1 Å². The number of anilines is 2. The number of hydrogen-bond acceptors (Lipinski definition) is 8. The second kappa shape index (κ2) is 13.3. The van der Waals surface area contributed by atoms with Gasteiger partial charge in [-0.2, -0.15) is 0 Å². The summed E-state index contributed by atoms with van der Waals surface area (Å²) in [5.41, 5.74) is -0.410. The van der Waals surface area contributed by atoms with E-state index in [1.165, 1.54) is 22.0 Å². The van der Waals surface area contributed by atoms with Crippen molar-refractivity contribution >= 4 is 23.3 Å². The summed E-state index contributed by atoms with van der Waals surface area (Å²) in [4.78, 5) is 58.1. The van der Waals surface area contributed by atoms with Gasteiger partial charge in [-0.25, -0.2) is 19.0 Å². The molecule has 226 valence electrons. The van der Waals surface area contributed by atoms with Crippen LogP contribution in [0.2, 0.25) is 0 Å². The van der Waals surface area contributed by atoms with Crippen LogP contribution in [0.15, 0.2) is 89.0 Å². The number of carbonyl (C=O) groups excluding carboxylic acids is 2. The molecule has 1 saturated heterocycles. The minimum Gasteiger partial charge on any atom is -0.394 e. The summed E-state index contributed by atoms with van der Waals surface area (Å²) >= 11 is 0. The van der Waals surface area contributed by atoms with Crippen LogP contribution in [-0.2, 0) is 16.0 Å². The fraction of sp³-hybridized carbons (Fsp3) is 0.233. The number of aromatic amines is 1. The van der Waals surface area contributed by atoms with Crippen molar-refractivity contribution in [3.8, 4) is 11.8 Å². The fourth-order valence-electron chi connectivity index (χ4n) is 4.55. The monoisotopic (exact) mass is 602 g/mol. The molecule has 0 radical (unpaired) electrons. The number of halogens is 1. The number of hydrogen-bond donors (Lipinski definition) is 4. The summed E-state index contributed by atoms with van der Waals surface area (Å²) < 4.78 is 21.7. The van der Waals surface area contributed by atoms with Crippen molar-refractivity contribution in [2.24, 2.45) is 0 Å². The molecule has 44 heavy (non-hydrogen) atoms. The number of amides is 2. The first-order valence-corrected chi connectivity index (χ1v) is 13.4. The SMILES string of the molecule is O=C(Cc1cn(C(=O)N(c2ccccc2)c2ccccc2)cn1)NCC#Cc1cn([C@@H]2O[C@H](CO)[C@@H](O)[C@H]2F)c(=O)[nH]c1=O. The van der Waals surface area contributed by atoms with Gasteiger partial charge in [-0.15, -0.1) is 0 Å². The van der Waals surface area contributed by atoms with Gasteiger partial charge in [-0.05, 0) is 24.3 Å². The van der Waals surface area contributed by atoms with Gasteiger partial charge >= 0.3 is 11.7 Å². The molecule has 14 heteroatoms. The molecule has 0 aliphatic carbocycles. The number of nitrogens with zero attached hydrogens (tertiary/aromatic N) is 4. The summed E-state index contributed by atoms with van der Waals surface area (Å²) in [6, 6.07) is 17.8. The third kappa shape index (κ3) is 6.50. The molecule has 2 aromatic carbocycles. The highest BCUT2D eigenvalue weighted by Crippen LogP contribution is 2.30. The largest absolute Gasteiger partial charge is 0.394 e. The van der Waals surface area contributed by atoms with E-state index in [1.807, 2.05) is 41.4 Å². The van der Waals surface area contributed by atoms with E-state index >= 15 is 0 Å². The maximum absolute atomic E-state index is 14.5. The van der Waals surface area contributed by atoms with Gasteiger partial charge < -0.3 is 20.3 Å². The van der Waals surface area contributed by atoms with Crippen LogP contribution in [0.25, 0.3) is 0 Å². The van der Waals surface area contributed by atoms with Crippen molar-refractivity contribution in [3.05, 3.63) is 111 Å². The lowest BCUT2D eigenvalue weighted by Crippen LogP contribution is -2.37. The van der Waals surface area contributed by atoms with Crippen LogP contribution in [-0.4, -0.2) is 72.8 Å². The van der Waals surface area contributed by atoms with Gasteiger partial charge in [0.05, 0.1) is 36.6 Å². The third-order valence-corrected chi connectivity index (χ3v) is 6.73.